The molecule has 2 heterocycles. The van der Waals surface area contributed by atoms with Gasteiger partial charge < -0.3 is 29.9 Å². The number of hydrogen-bond donors (Lipinski definition) is 3. The molecule has 3 atom stereocenters. The number of benzene rings is 1. The van der Waals surface area contributed by atoms with Crippen LogP contribution < -0.4 is 16.0 Å². The van der Waals surface area contributed by atoms with Gasteiger partial charge in [-0.2, -0.15) is 0 Å². The third-order valence-corrected chi connectivity index (χ3v) is 6.08. The second-order valence-corrected chi connectivity index (χ2v) is 11.0. The molecule has 2 aromatic rings. The number of aromatic nitrogens is 1. The van der Waals surface area contributed by atoms with Crippen LogP contribution in [0.1, 0.15) is 123 Å². The maximum absolute atomic E-state index is 12.6. The van der Waals surface area contributed by atoms with Gasteiger partial charge in [0.25, 0.3) is 5.91 Å². The number of aryl methyl sites for hydroxylation is 1. The number of allylic oxidation sites excluding steroid dienone is 1. The molecule has 1 aliphatic heterocycles. The highest BCUT2D eigenvalue weighted by Gasteiger charge is 2.49. The molecule has 2 unspecified atom stereocenters. The van der Waals surface area contributed by atoms with Crippen LogP contribution in [-0.2, 0) is 23.9 Å². The number of Topliss-reactive ketones (excluding diaryl/α,β-unsaturated/α-hetero) is 1. The number of carbonyl (C=O) groups excluding carboxylic acids is 4. The fourth-order valence-electron chi connectivity index (χ4n) is 3.45. The van der Waals surface area contributed by atoms with Gasteiger partial charge in [0.2, 0.25) is 11.8 Å². The molecule has 0 spiro atoms. The van der Waals surface area contributed by atoms with Crippen molar-refractivity contribution in [2.45, 2.75) is 126 Å². The molecule has 11 nitrogen and oxygen atoms in total. The fraction of sp³-hybridized carbons (Fsp3) is 0.605. The molecule has 280 valence electrons. The zero-order valence-corrected chi connectivity index (χ0v) is 32.5. The van der Waals surface area contributed by atoms with Crippen molar-refractivity contribution in [1.29, 1.82) is 0 Å². The quantitative estimate of drug-likeness (QED) is 0.151. The molecule has 3 amide bonds. The van der Waals surface area contributed by atoms with E-state index in [0.29, 0.717) is 18.8 Å². The number of ether oxygens (including phenoxy) is 2. The highest BCUT2D eigenvalue weighted by Crippen LogP contribution is 2.28. The first-order chi connectivity index (χ1) is 23.3. The molecule has 1 aromatic heterocycles. The minimum atomic E-state index is -0.947. The number of amides is 3. The van der Waals surface area contributed by atoms with E-state index in [-0.39, 0.29) is 37.0 Å². The number of nitrogens with zero attached hydrogens (tertiary/aromatic N) is 1. The van der Waals surface area contributed by atoms with Crippen LogP contribution in [0, 0.1) is 6.92 Å². The van der Waals surface area contributed by atoms with Crippen LogP contribution in [0.5, 0.6) is 0 Å². The molecule has 0 saturated carbocycles. The largest absolute Gasteiger partial charge is 0.385 e. The number of carbonyl (C=O) groups is 4. The number of epoxide rings is 1. The fourth-order valence-corrected chi connectivity index (χ4v) is 3.45. The van der Waals surface area contributed by atoms with Crippen molar-refractivity contribution in [1.82, 2.24) is 21.1 Å². The number of rotatable bonds is 13. The van der Waals surface area contributed by atoms with Gasteiger partial charge >= 0.3 is 0 Å². The van der Waals surface area contributed by atoms with E-state index >= 15 is 0 Å². The van der Waals surface area contributed by atoms with Gasteiger partial charge in [-0.15, -0.1) is 6.58 Å². The van der Waals surface area contributed by atoms with Crippen molar-refractivity contribution in [3.05, 3.63) is 66.1 Å². The Morgan fingerprint density at radius 2 is 1.55 bits per heavy atom. The zero-order valence-electron chi connectivity index (χ0n) is 32.5. The monoisotopic (exact) mass is 690 g/mol. The summed E-state index contributed by atoms with van der Waals surface area (Å²) in [5.41, 5.74) is 0.535. The smallest absolute Gasteiger partial charge is 0.274 e. The van der Waals surface area contributed by atoms with Gasteiger partial charge in [0.1, 0.15) is 17.4 Å². The van der Waals surface area contributed by atoms with Crippen LogP contribution in [-0.4, -0.2) is 73.2 Å². The first-order valence-electron chi connectivity index (χ1n) is 17.4. The number of nitrogens with one attached hydrogen (secondary N) is 3. The van der Waals surface area contributed by atoms with Gasteiger partial charge in [0.15, 0.2) is 11.5 Å². The lowest BCUT2D eigenvalue weighted by Gasteiger charge is -2.20. The maximum Gasteiger partial charge on any atom is 0.274 e. The van der Waals surface area contributed by atoms with Crippen LogP contribution in [0.15, 0.2) is 53.6 Å². The molecule has 3 N–H and O–H groups in total. The highest BCUT2D eigenvalue weighted by molar-refractivity contribution is 5.98. The molecule has 49 heavy (non-hydrogen) atoms. The number of hydrogen-bond acceptors (Lipinski definition) is 8. The average molecular weight is 691 g/mol. The third kappa shape index (κ3) is 22.4. The molecule has 1 saturated heterocycles. The SMILES string of the molecule is C=CC.CC.CC.CCC.CC[C@H](NC(=O)CNC(=O)C(CCOC)NC(=O)c1cc(C(C)C)on1)C(=O)C1(C)CO1.Cc1ccccc1. The Bertz CT molecular complexity index is 1160. The molecule has 0 aliphatic carbocycles. The van der Waals surface area contributed by atoms with Crippen molar-refractivity contribution < 1.29 is 33.2 Å². The summed E-state index contributed by atoms with van der Waals surface area (Å²) in [7, 11) is 1.47. The summed E-state index contributed by atoms with van der Waals surface area (Å²) in [5.74, 6) is -1.24. The van der Waals surface area contributed by atoms with Crippen LogP contribution in [0.3, 0.4) is 0 Å². The molecule has 3 rings (SSSR count). The van der Waals surface area contributed by atoms with E-state index in [1.54, 1.807) is 19.9 Å². The Hall–Kier alpha value is -3.83. The molecule has 1 aliphatic rings. The molecular weight excluding hydrogens is 624 g/mol. The minimum Gasteiger partial charge on any atom is -0.385 e. The molecule has 0 bridgehead atoms. The second kappa shape index (κ2) is 30.2. The summed E-state index contributed by atoms with van der Waals surface area (Å²) in [6, 6.07) is 10.1. The van der Waals surface area contributed by atoms with Crippen LogP contribution in [0.4, 0.5) is 0 Å². The molecule has 1 aromatic carbocycles. The van der Waals surface area contributed by atoms with Crippen molar-refractivity contribution in [2.75, 3.05) is 26.9 Å². The lowest BCUT2D eigenvalue weighted by Crippen LogP contribution is -2.52. The van der Waals surface area contributed by atoms with Gasteiger partial charge in [0.05, 0.1) is 19.2 Å². The van der Waals surface area contributed by atoms with Crippen LogP contribution in [0.2, 0.25) is 0 Å². The normalized spacial score (nSPS) is 14.7. The van der Waals surface area contributed by atoms with Gasteiger partial charge in [-0.25, -0.2) is 0 Å². The van der Waals surface area contributed by atoms with Crippen molar-refractivity contribution in [3.8, 4) is 0 Å². The summed E-state index contributed by atoms with van der Waals surface area (Å²) < 4.78 is 15.3. The summed E-state index contributed by atoms with van der Waals surface area (Å²) in [5, 5.41) is 11.4. The lowest BCUT2D eigenvalue weighted by atomic mass is 9.99. The summed E-state index contributed by atoms with van der Waals surface area (Å²) >= 11 is 0. The Morgan fingerprint density at radius 3 is 1.94 bits per heavy atom. The third-order valence-electron chi connectivity index (χ3n) is 6.08. The average Bonchev–Trinajstić information content (AvgIpc) is 3.64. The van der Waals surface area contributed by atoms with Crippen molar-refractivity contribution >= 4 is 23.5 Å². The minimum absolute atomic E-state index is 0.0572. The van der Waals surface area contributed by atoms with Crippen molar-refractivity contribution in [2.24, 2.45) is 0 Å². The van der Waals surface area contributed by atoms with Gasteiger partial charge in [0, 0.05) is 25.7 Å². The van der Waals surface area contributed by atoms with Crippen LogP contribution in [0.25, 0.3) is 0 Å². The first-order valence-corrected chi connectivity index (χ1v) is 17.4. The van der Waals surface area contributed by atoms with Gasteiger partial charge in [-0.05, 0) is 33.6 Å². The van der Waals surface area contributed by atoms with E-state index < -0.39 is 35.4 Å². The molecule has 1 fully saturated rings. The van der Waals surface area contributed by atoms with Crippen LogP contribution >= 0.6 is 0 Å². The van der Waals surface area contributed by atoms with E-state index in [2.05, 4.69) is 60.6 Å². The lowest BCUT2D eigenvalue weighted by molar-refractivity contribution is -0.131. The second-order valence-electron chi connectivity index (χ2n) is 11.0. The predicted molar refractivity (Wildman–Crippen MR) is 199 cm³/mol. The number of ketones is 1. The Morgan fingerprint density at radius 1 is 1.02 bits per heavy atom. The van der Waals surface area contributed by atoms with Gasteiger partial charge in [-0.3, -0.25) is 19.2 Å². The first kappa shape index (κ1) is 49.6. The predicted octanol–water partition coefficient (Wildman–Crippen LogP) is 6.96. The molecule has 0 radical (unpaired) electrons. The Labute approximate surface area is 296 Å². The standard InChI is InChI=1S/C21H32N4O7.C7H8.C3H8.C3H6.2C2H6/c1-6-13(18(27)21(4)11-31-21)23-17(26)10-22-19(28)14(7-8-30-5)24-20(29)15-9-16(12(2)3)32-25-15;1-7-5-3-2-4-6-7;2*1-3-2;2*1-2/h9,12-14H,6-8,10-11H2,1-5H3,(H,22,28)(H,23,26)(H,24,29);2-6H,1H3;3H2,1-2H3;3H,1H2,2H3;2*1-2H3/t13-,14?,21?;;;;;/m0...../s1. The molecule has 11 heteroatoms. The number of methoxy groups -OCH3 is 1. The maximum atomic E-state index is 12.6. The molecular formula is C38H66N4O7. The van der Waals surface area contributed by atoms with E-state index in [9.17, 15) is 19.2 Å². The highest BCUT2D eigenvalue weighted by atomic mass is 16.6. The van der Waals surface area contributed by atoms with E-state index in [1.165, 1.54) is 25.2 Å². The Kier molecular flexibility index (Phi) is 30.6. The van der Waals surface area contributed by atoms with E-state index in [4.69, 9.17) is 14.0 Å². The summed E-state index contributed by atoms with van der Waals surface area (Å²) in [4.78, 5) is 49.7. The van der Waals surface area contributed by atoms with E-state index in [0.717, 1.165) is 0 Å². The zero-order chi connectivity index (χ0) is 38.4. The van der Waals surface area contributed by atoms with Crippen molar-refractivity contribution in [3.63, 3.8) is 0 Å². The van der Waals surface area contributed by atoms with Gasteiger partial charge in [-0.1, -0.05) is 116 Å². The van der Waals surface area contributed by atoms with E-state index in [1.807, 2.05) is 66.7 Å². The summed E-state index contributed by atoms with van der Waals surface area (Å²) in [6.07, 6.45) is 3.59. The Balaban J connectivity index is -0.00000103. The topological polar surface area (TPSA) is 152 Å². The summed E-state index contributed by atoms with van der Waals surface area (Å²) in [6.45, 7) is 27.0.